The standard InChI is InChI=1S/C30H24N2O3S/c1-20-16-18-23(19-17-20)36(34,35)32-29-25-15-9-8-14-24(25)28(31-27(29)22-12-6-3-7-13-22)26(30(32)33)21-10-4-2-5-11-21/h2-19,26,28-29H,1H3/t26-,28-,29-/m0/s1. The summed E-state index contributed by atoms with van der Waals surface area (Å²) in [6.45, 7) is 1.90. The van der Waals surface area contributed by atoms with Gasteiger partial charge in [-0.15, -0.1) is 0 Å². The van der Waals surface area contributed by atoms with Crippen LogP contribution in [0.2, 0.25) is 0 Å². The third-order valence-electron chi connectivity index (χ3n) is 6.99. The quantitative estimate of drug-likeness (QED) is 0.373. The molecule has 0 aliphatic carbocycles. The van der Waals surface area contributed by atoms with E-state index in [9.17, 15) is 13.2 Å². The van der Waals surface area contributed by atoms with E-state index in [-0.39, 0.29) is 4.90 Å². The lowest BCUT2D eigenvalue weighted by atomic mass is 9.82. The Kier molecular flexibility index (Phi) is 5.34. The first-order chi connectivity index (χ1) is 17.5. The van der Waals surface area contributed by atoms with Crippen LogP contribution >= 0.6 is 0 Å². The second-order valence-electron chi connectivity index (χ2n) is 9.20. The molecule has 3 aliphatic rings. The molecule has 4 aromatic carbocycles. The summed E-state index contributed by atoms with van der Waals surface area (Å²) in [7, 11) is -4.21. The monoisotopic (exact) mass is 492 g/mol. The zero-order valence-corrected chi connectivity index (χ0v) is 20.5. The predicted octanol–water partition coefficient (Wildman–Crippen LogP) is 5.60. The maximum absolute atomic E-state index is 14.4. The van der Waals surface area contributed by atoms with Crippen molar-refractivity contribution in [1.82, 2.24) is 4.31 Å². The van der Waals surface area contributed by atoms with Crippen molar-refractivity contribution in [3.8, 4) is 0 Å². The molecular formula is C30H24N2O3S. The fourth-order valence-corrected chi connectivity index (χ4v) is 6.81. The summed E-state index contributed by atoms with van der Waals surface area (Å²) in [5.74, 6) is -1.25. The van der Waals surface area contributed by atoms with Gasteiger partial charge in [-0.2, -0.15) is 0 Å². The van der Waals surface area contributed by atoms with Gasteiger partial charge in [0, 0.05) is 0 Å². The van der Waals surface area contributed by atoms with E-state index in [0.717, 1.165) is 32.1 Å². The van der Waals surface area contributed by atoms with Gasteiger partial charge in [-0.1, -0.05) is 103 Å². The molecule has 3 atom stereocenters. The van der Waals surface area contributed by atoms with Gasteiger partial charge in [0.1, 0.15) is 6.04 Å². The van der Waals surface area contributed by atoms with Crippen molar-refractivity contribution in [3.05, 3.63) is 137 Å². The average molecular weight is 493 g/mol. The van der Waals surface area contributed by atoms with E-state index in [4.69, 9.17) is 4.99 Å². The van der Waals surface area contributed by atoms with E-state index in [1.165, 1.54) is 0 Å². The Morgan fingerprint density at radius 2 is 1.31 bits per heavy atom. The lowest BCUT2D eigenvalue weighted by Crippen LogP contribution is -2.43. The van der Waals surface area contributed by atoms with Crippen molar-refractivity contribution in [2.45, 2.75) is 29.8 Å². The lowest BCUT2D eigenvalue weighted by Gasteiger charge is -2.33. The van der Waals surface area contributed by atoms with Crippen LogP contribution in [0, 0.1) is 6.92 Å². The van der Waals surface area contributed by atoms with E-state index in [1.54, 1.807) is 24.3 Å². The Morgan fingerprint density at radius 3 is 1.97 bits per heavy atom. The molecular weight excluding hydrogens is 468 g/mol. The SMILES string of the molecule is Cc1ccc(S(=O)(=O)N2C(=O)[C@@H](c3ccccc3)[C@H]3N=C(c4ccccc4)[C@@H]2c2ccccc23)cc1. The van der Waals surface area contributed by atoms with Crippen molar-refractivity contribution in [3.63, 3.8) is 0 Å². The predicted molar refractivity (Wildman–Crippen MR) is 139 cm³/mol. The minimum absolute atomic E-state index is 0.0866. The summed E-state index contributed by atoms with van der Waals surface area (Å²) in [5, 5.41) is 0. The molecule has 0 spiro atoms. The third kappa shape index (κ3) is 3.48. The Morgan fingerprint density at radius 1 is 0.722 bits per heavy atom. The number of hydrogen-bond donors (Lipinski definition) is 0. The number of carbonyl (C=O) groups is 1. The number of sulfonamides is 1. The summed E-state index contributed by atoms with van der Waals surface area (Å²) >= 11 is 0. The normalized spacial score (nSPS) is 21.0. The molecule has 5 nitrogen and oxygen atoms in total. The zero-order chi connectivity index (χ0) is 24.9. The topological polar surface area (TPSA) is 66.8 Å². The molecule has 0 N–H and O–H groups in total. The highest BCUT2D eigenvalue weighted by molar-refractivity contribution is 7.89. The minimum atomic E-state index is -4.21. The number of aliphatic imine (C=N–C) groups is 1. The molecule has 7 rings (SSSR count). The molecule has 0 fully saturated rings. The summed E-state index contributed by atoms with van der Waals surface area (Å²) in [4.78, 5) is 19.6. The molecule has 2 bridgehead atoms. The van der Waals surface area contributed by atoms with Gasteiger partial charge < -0.3 is 0 Å². The van der Waals surface area contributed by atoms with Crippen LogP contribution < -0.4 is 0 Å². The average Bonchev–Trinajstić information content (AvgIpc) is 3.11. The highest BCUT2D eigenvalue weighted by Gasteiger charge is 2.52. The fourth-order valence-electron chi connectivity index (χ4n) is 5.26. The Hall–Kier alpha value is -4.03. The summed E-state index contributed by atoms with van der Waals surface area (Å²) in [5.41, 5.74) is 4.74. The second-order valence-corrected chi connectivity index (χ2v) is 11.0. The van der Waals surface area contributed by atoms with Crippen molar-refractivity contribution < 1.29 is 13.2 Å². The summed E-state index contributed by atoms with van der Waals surface area (Å²) < 4.78 is 29.6. The molecule has 0 saturated carbocycles. The van der Waals surface area contributed by atoms with Gasteiger partial charge >= 0.3 is 0 Å². The maximum atomic E-state index is 14.4. The molecule has 6 heteroatoms. The summed E-state index contributed by atoms with van der Waals surface area (Å²) in [6.07, 6.45) is 0. The van der Waals surface area contributed by atoms with E-state index < -0.39 is 33.9 Å². The van der Waals surface area contributed by atoms with Crippen LogP contribution in [0.5, 0.6) is 0 Å². The zero-order valence-electron chi connectivity index (χ0n) is 19.7. The molecule has 0 aromatic heterocycles. The van der Waals surface area contributed by atoms with Crippen LogP contribution in [0.3, 0.4) is 0 Å². The largest absolute Gasteiger partial charge is 0.277 e. The van der Waals surface area contributed by atoms with Crippen LogP contribution in [0.4, 0.5) is 0 Å². The van der Waals surface area contributed by atoms with Crippen LogP contribution in [0.1, 0.15) is 45.8 Å². The third-order valence-corrected chi connectivity index (χ3v) is 8.76. The molecule has 1 amide bonds. The van der Waals surface area contributed by atoms with Crippen LogP contribution in [-0.4, -0.2) is 24.3 Å². The van der Waals surface area contributed by atoms with Crippen molar-refractivity contribution in [2.75, 3.05) is 0 Å². The molecule has 0 radical (unpaired) electrons. The Labute approximate surface area is 210 Å². The van der Waals surface area contributed by atoms with Crippen molar-refractivity contribution in [2.24, 2.45) is 4.99 Å². The number of rotatable bonds is 4. The maximum Gasteiger partial charge on any atom is 0.267 e. The first-order valence-electron chi connectivity index (χ1n) is 11.9. The molecule has 36 heavy (non-hydrogen) atoms. The van der Waals surface area contributed by atoms with Gasteiger partial charge in [-0.25, -0.2) is 12.7 Å². The van der Waals surface area contributed by atoms with E-state index in [2.05, 4.69) is 0 Å². The molecule has 3 aliphatic heterocycles. The van der Waals surface area contributed by atoms with E-state index in [0.29, 0.717) is 5.71 Å². The van der Waals surface area contributed by atoms with Crippen molar-refractivity contribution in [1.29, 1.82) is 0 Å². The van der Waals surface area contributed by atoms with Gasteiger partial charge in [0.15, 0.2) is 0 Å². The summed E-state index contributed by atoms with van der Waals surface area (Å²) in [6, 6.07) is 31.8. The van der Waals surface area contributed by atoms with Crippen molar-refractivity contribution >= 4 is 21.6 Å². The molecule has 3 heterocycles. The number of hydrogen-bond acceptors (Lipinski definition) is 4. The molecule has 0 unspecified atom stereocenters. The number of carbonyl (C=O) groups excluding carboxylic acids is 1. The Bertz CT molecular complexity index is 1580. The van der Waals surface area contributed by atoms with Gasteiger partial charge in [0.2, 0.25) is 5.91 Å². The molecule has 0 saturated heterocycles. The number of benzene rings is 4. The lowest BCUT2D eigenvalue weighted by molar-refractivity contribution is -0.128. The number of aryl methyl sites for hydroxylation is 1. The van der Waals surface area contributed by atoms with E-state index in [1.807, 2.05) is 91.9 Å². The number of fused-ring (bicyclic) bond motifs is 2. The first kappa shape index (κ1) is 22.4. The Balaban J connectivity index is 1.66. The highest BCUT2D eigenvalue weighted by Crippen LogP contribution is 2.50. The number of nitrogens with zero attached hydrogens (tertiary/aromatic N) is 2. The van der Waals surface area contributed by atoms with Crippen LogP contribution in [0.15, 0.2) is 119 Å². The van der Waals surface area contributed by atoms with Gasteiger partial charge in [0.05, 0.1) is 22.6 Å². The fraction of sp³-hybridized carbons (Fsp3) is 0.133. The second kappa shape index (κ2) is 8.57. The number of amides is 1. The minimum Gasteiger partial charge on any atom is -0.277 e. The van der Waals surface area contributed by atoms with Crippen LogP contribution in [0.25, 0.3) is 0 Å². The van der Waals surface area contributed by atoms with Gasteiger partial charge in [-0.3, -0.25) is 9.79 Å². The first-order valence-corrected chi connectivity index (χ1v) is 13.3. The smallest absolute Gasteiger partial charge is 0.267 e. The van der Waals surface area contributed by atoms with Gasteiger partial charge in [0.25, 0.3) is 10.0 Å². The molecule has 178 valence electrons. The highest BCUT2D eigenvalue weighted by atomic mass is 32.2. The molecule has 4 aromatic rings. The van der Waals surface area contributed by atoms with Crippen LogP contribution in [-0.2, 0) is 14.8 Å². The van der Waals surface area contributed by atoms with E-state index >= 15 is 0 Å². The van der Waals surface area contributed by atoms with Gasteiger partial charge in [-0.05, 0) is 41.3 Å².